The quantitative estimate of drug-likeness (QED) is 0.523. The van der Waals surface area contributed by atoms with Gasteiger partial charge in [0.1, 0.15) is 11.8 Å². The van der Waals surface area contributed by atoms with Gasteiger partial charge in [0.05, 0.1) is 11.5 Å². The minimum atomic E-state index is -3.10. The van der Waals surface area contributed by atoms with Crippen molar-refractivity contribution in [3.05, 3.63) is 78.4 Å². The Morgan fingerprint density at radius 1 is 0.853 bits per heavy atom. The third-order valence-electron chi connectivity index (χ3n) is 5.82. The molecule has 1 saturated heterocycles. The highest BCUT2D eigenvalue weighted by molar-refractivity contribution is 7.91. The molecule has 4 rings (SSSR count). The highest BCUT2D eigenvalue weighted by Crippen LogP contribution is 2.23. The average Bonchev–Trinajstić information content (AvgIpc) is 2.84. The van der Waals surface area contributed by atoms with Crippen LogP contribution in [0.15, 0.2) is 72.8 Å². The fourth-order valence-electron chi connectivity index (χ4n) is 3.94. The van der Waals surface area contributed by atoms with Crippen molar-refractivity contribution in [1.29, 1.82) is 0 Å². The van der Waals surface area contributed by atoms with Gasteiger partial charge in [0, 0.05) is 13.1 Å². The van der Waals surface area contributed by atoms with Crippen molar-refractivity contribution in [1.82, 2.24) is 15.8 Å². The zero-order chi connectivity index (χ0) is 24.1. The average molecular weight is 482 g/mol. The molecule has 1 aliphatic rings. The minimum absolute atomic E-state index is 0.00734. The second-order valence-corrected chi connectivity index (χ2v) is 10.6. The molecule has 1 fully saturated rings. The third kappa shape index (κ3) is 5.73. The SMILES string of the molecule is CC(Oc1ccc2ccccc2c1)C(=O)NNC(=O)C(c1ccccc1)N1CCS(=O)(=O)CC1. The maximum absolute atomic E-state index is 13.1. The molecular formula is C25H27N3O5S. The molecule has 178 valence electrons. The van der Waals surface area contributed by atoms with Crippen LogP contribution >= 0.6 is 0 Å². The Hall–Kier alpha value is -3.43. The lowest BCUT2D eigenvalue weighted by Gasteiger charge is -2.33. The molecule has 2 atom stereocenters. The summed E-state index contributed by atoms with van der Waals surface area (Å²) in [5.74, 6) is -0.421. The molecule has 1 heterocycles. The fraction of sp³-hybridized carbons (Fsp3) is 0.280. The Morgan fingerprint density at radius 3 is 2.18 bits per heavy atom. The lowest BCUT2D eigenvalue weighted by atomic mass is 10.0. The number of carbonyl (C=O) groups excluding carboxylic acids is 2. The summed E-state index contributed by atoms with van der Waals surface area (Å²) in [5, 5.41) is 2.06. The van der Waals surface area contributed by atoms with E-state index in [0.29, 0.717) is 11.3 Å². The van der Waals surface area contributed by atoms with E-state index in [1.165, 1.54) is 0 Å². The van der Waals surface area contributed by atoms with Crippen LogP contribution in [0.2, 0.25) is 0 Å². The summed E-state index contributed by atoms with van der Waals surface area (Å²) in [4.78, 5) is 27.5. The van der Waals surface area contributed by atoms with E-state index in [0.717, 1.165) is 10.8 Å². The summed E-state index contributed by atoms with van der Waals surface area (Å²) in [7, 11) is -3.10. The molecule has 2 amide bonds. The number of rotatable bonds is 6. The lowest BCUT2D eigenvalue weighted by molar-refractivity contribution is -0.135. The van der Waals surface area contributed by atoms with Crippen LogP contribution in [0.1, 0.15) is 18.5 Å². The van der Waals surface area contributed by atoms with Gasteiger partial charge in [-0.25, -0.2) is 8.42 Å². The van der Waals surface area contributed by atoms with E-state index >= 15 is 0 Å². The van der Waals surface area contributed by atoms with Gasteiger partial charge in [0.25, 0.3) is 11.8 Å². The predicted octanol–water partition coefficient (Wildman–Crippen LogP) is 2.23. The predicted molar refractivity (Wildman–Crippen MR) is 130 cm³/mol. The second kappa shape index (κ2) is 10.2. The van der Waals surface area contributed by atoms with Crippen molar-refractivity contribution in [3.8, 4) is 5.75 Å². The first-order valence-corrected chi connectivity index (χ1v) is 12.9. The number of hydrazine groups is 1. The van der Waals surface area contributed by atoms with Crippen LogP contribution in [0.4, 0.5) is 0 Å². The standard InChI is InChI=1S/C25H27N3O5S/c1-18(33-22-12-11-19-7-5-6-10-21(19)17-22)24(29)26-27-25(30)23(20-8-3-2-4-9-20)28-13-15-34(31,32)16-14-28/h2-12,17-18,23H,13-16H2,1H3,(H,26,29)(H,27,30). The van der Waals surface area contributed by atoms with Gasteiger partial charge in [-0.15, -0.1) is 0 Å². The van der Waals surface area contributed by atoms with E-state index in [-0.39, 0.29) is 24.6 Å². The Balaban J connectivity index is 1.39. The van der Waals surface area contributed by atoms with Crippen LogP contribution in [-0.4, -0.2) is 55.8 Å². The molecule has 34 heavy (non-hydrogen) atoms. The first kappa shape index (κ1) is 23.7. The first-order valence-electron chi connectivity index (χ1n) is 11.1. The number of amides is 2. The number of hydrogen-bond donors (Lipinski definition) is 2. The second-order valence-electron chi connectivity index (χ2n) is 8.25. The molecular weight excluding hydrogens is 454 g/mol. The lowest BCUT2D eigenvalue weighted by Crippen LogP contribution is -2.53. The topological polar surface area (TPSA) is 105 Å². The molecule has 0 bridgehead atoms. The number of nitrogens with one attached hydrogen (secondary N) is 2. The largest absolute Gasteiger partial charge is 0.481 e. The third-order valence-corrected chi connectivity index (χ3v) is 7.43. The highest BCUT2D eigenvalue weighted by atomic mass is 32.2. The number of fused-ring (bicyclic) bond motifs is 1. The smallest absolute Gasteiger partial charge is 0.279 e. The number of benzene rings is 3. The molecule has 0 radical (unpaired) electrons. The summed E-state index contributed by atoms with van der Waals surface area (Å²) < 4.78 is 29.4. The molecule has 9 heteroatoms. The number of sulfone groups is 1. The zero-order valence-corrected chi connectivity index (χ0v) is 19.6. The molecule has 2 N–H and O–H groups in total. The Morgan fingerprint density at radius 2 is 1.47 bits per heavy atom. The van der Waals surface area contributed by atoms with Gasteiger partial charge in [-0.2, -0.15) is 0 Å². The molecule has 0 spiro atoms. The van der Waals surface area contributed by atoms with E-state index < -0.39 is 33.8 Å². The summed E-state index contributed by atoms with van der Waals surface area (Å²) >= 11 is 0. The molecule has 2 unspecified atom stereocenters. The number of nitrogens with zero attached hydrogens (tertiary/aromatic N) is 1. The summed E-state index contributed by atoms with van der Waals surface area (Å²) in [6.07, 6.45) is -0.850. The van der Waals surface area contributed by atoms with E-state index in [9.17, 15) is 18.0 Å². The van der Waals surface area contributed by atoms with Crippen molar-refractivity contribution in [2.45, 2.75) is 19.1 Å². The van der Waals surface area contributed by atoms with Gasteiger partial charge in [-0.1, -0.05) is 60.7 Å². The fourth-order valence-corrected chi connectivity index (χ4v) is 5.17. The molecule has 8 nitrogen and oxygen atoms in total. The maximum atomic E-state index is 13.1. The molecule has 3 aromatic carbocycles. The summed E-state index contributed by atoms with van der Waals surface area (Å²) in [5.41, 5.74) is 5.64. The molecule has 3 aromatic rings. The van der Waals surface area contributed by atoms with E-state index in [1.54, 1.807) is 25.1 Å². The van der Waals surface area contributed by atoms with E-state index in [4.69, 9.17) is 4.74 Å². The van der Waals surface area contributed by atoms with Crippen LogP contribution < -0.4 is 15.6 Å². The molecule has 0 aliphatic carbocycles. The Bertz CT molecular complexity index is 1270. The van der Waals surface area contributed by atoms with Crippen molar-refractivity contribution in [2.24, 2.45) is 0 Å². The zero-order valence-electron chi connectivity index (χ0n) is 18.8. The van der Waals surface area contributed by atoms with Crippen LogP contribution in [0.5, 0.6) is 5.75 Å². The van der Waals surface area contributed by atoms with Crippen LogP contribution in [0.25, 0.3) is 10.8 Å². The number of ether oxygens (including phenoxy) is 1. The Kier molecular flexibility index (Phi) is 7.14. The van der Waals surface area contributed by atoms with E-state index in [2.05, 4.69) is 10.9 Å². The monoisotopic (exact) mass is 481 g/mol. The number of hydrogen-bond acceptors (Lipinski definition) is 6. The van der Waals surface area contributed by atoms with Crippen LogP contribution in [-0.2, 0) is 19.4 Å². The van der Waals surface area contributed by atoms with Crippen molar-refractivity contribution in [3.63, 3.8) is 0 Å². The van der Waals surface area contributed by atoms with Crippen LogP contribution in [0, 0.1) is 0 Å². The van der Waals surface area contributed by atoms with Gasteiger partial charge in [-0.3, -0.25) is 25.3 Å². The molecule has 0 saturated carbocycles. The van der Waals surface area contributed by atoms with Crippen molar-refractivity contribution < 1.29 is 22.7 Å². The summed E-state index contributed by atoms with van der Waals surface area (Å²) in [6, 6.07) is 21.7. The van der Waals surface area contributed by atoms with E-state index in [1.807, 2.05) is 59.5 Å². The van der Waals surface area contributed by atoms with Gasteiger partial charge in [0.15, 0.2) is 15.9 Å². The molecule has 0 aromatic heterocycles. The van der Waals surface area contributed by atoms with Gasteiger partial charge in [-0.05, 0) is 35.4 Å². The maximum Gasteiger partial charge on any atom is 0.279 e. The first-order chi connectivity index (χ1) is 16.3. The van der Waals surface area contributed by atoms with Crippen molar-refractivity contribution >= 4 is 32.4 Å². The van der Waals surface area contributed by atoms with Gasteiger partial charge < -0.3 is 4.74 Å². The highest BCUT2D eigenvalue weighted by Gasteiger charge is 2.33. The minimum Gasteiger partial charge on any atom is -0.481 e. The van der Waals surface area contributed by atoms with Crippen LogP contribution in [0.3, 0.4) is 0 Å². The normalized spacial score (nSPS) is 17.4. The number of carbonyl (C=O) groups is 2. The Labute approximate surface area is 198 Å². The summed E-state index contributed by atoms with van der Waals surface area (Å²) in [6.45, 7) is 2.08. The van der Waals surface area contributed by atoms with Gasteiger partial charge >= 0.3 is 0 Å². The van der Waals surface area contributed by atoms with Gasteiger partial charge in [0.2, 0.25) is 0 Å². The van der Waals surface area contributed by atoms with Crippen molar-refractivity contribution in [2.75, 3.05) is 24.6 Å². The molecule has 1 aliphatic heterocycles.